The van der Waals surface area contributed by atoms with Crippen LogP contribution in [-0.4, -0.2) is 12.0 Å². The van der Waals surface area contributed by atoms with Crippen LogP contribution in [0.15, 0.2) is 49.2 Å². The Bertz CT molecular complexity index is 532. The molecule has 0 atom stereocenters. The second-order valence-corrected chi connectivity index (χ2v) is 4.11. The van der Waals surface area contributed by atoms with Gasteiger partial charge in [-0.05, 0) is 23.8 Å². The molecule has 0 aliphatic heterocycles. The van der Waals surface area contributed by atoms with E-state index in [9.17, 15) is 0 Å². The number of nitrogens with zero attached hydrogens (tertiary/aromatic N) is 1. The van der Waals surface area contributed by atoms with E-state index in [0.717, 1.165) is 27.5 Å². The minimum Gasteiger partial charge on any atom is -0.387 e. The Labute approximate surface area is 106 Å². The van der Waals surface area contributed by atoms with E-state index < -0.39 is 0 Å². The van der Waals surface area contributed by atoms with Gasteiger partial charge >= 0.3 is 0 Å². The van der Waals surface area contributed by atoms with Crippen LogP contribution < -0.4 is 5.32 Å². The summed E-state index contributed by atoms with van der Waals surface area (Å²) in [6, 6.07) is 11.7. The predicted octanol–water partition coefficient (Wildman–Crippen LogP) is 3.59. The number of pyridine rings is 1. The maximum atomic E-state index is 5.95. The third-order valence-corrected chi connectivity index (χ3v) is 2.77. The van der Waals surface area contributed by atoms with Gasteiger partial charge in [-0.25, -0.2) is 0 Å². The molecule has 1 aromatic carbocycles. The molecule has 0 aliphatic carbocycles. The van der Waals surface area contributed by atoms with Gasteiger partial charge in [-0.2, -0.15) is 0 Å². The molecule has 1 N–H and O–H groups in total. The first kappa shape index (κ1) is 11.7. The van der Waals surface area contributed by atoms with Gasteiger partial charge in [0, 0.05) is 23.8 Å². The molecule has 17 heavy (non-hydrogen) atoms. The fraction of sp³-hybridized carbons (Fsp3) is 0.0714. The summed E-state index contributed by atoms with van der Waals surface area (Å²) in [5.74, 6) is 0. The summed E-state index contributed by atoms with van der Waals surface area (Å²) in [6.45, 7) is 3.87. The first-order valence-electron chi connectivity index (χ1n) is 5.30. The number of nitrogens with one attached hydrogen (secondary N) is 1. The standard InChI is InChI=1S/C14H13ClN2/c1-10(16-2)14-7-6-12(9-17-14)11-4-3-5-13(15)8-11/h3-9,16H,1H2,2H3. The van der Waals surface area contributed by atoms with Crippen molar-refractivity contribution in [2.45, 2.75) is 0 Å². The van der Waals surface area contributed by atoms with E-state index in [1.165, 1.54) is 0 Å². The Morgan fingerprint density at radius 1 is 1.24 bits per heavy atom. The van der Waals surface area contributed by atoms with Gasteiger partial charge < -0.3 is 5.32 Å². The molecule has 0 radical (unpaired) electrons. The van der Waals surface area contributed by atoms with Crippen molar-refractivity contribution in [2.24, 2.45) is 0 Å². The highest BCUT2D eigenvalue weighted by atomic mass is 35.5. The first-order valence-corrected chi connectivity index (χ1v) is 5.67. The van der Waals surface area contributed by atoms with Crippen LogP contribution in [0.1, 0.15) is 5.69 Å². The summed E-state index contributed by atoms with van der Waals surface area (Å²) < 4.78 is 0. The van der Waals surface area contributed by atoms with Crippen molar-refractivity contribution < 1.29 is 0 Å². The van der Waals surface area contributed by atoms with Gasteiger partial charge in [-0.15, -0.1) is 0 Å². The topological polar surface area (TPSA) is 24.9 Å². The summed E-state index contributed by atoms with van der Waals surface area (Å²) in [5.41, 5.74) is 3.76. The molecule has 2 rings (SSSR count). The summed E-state index contributed by atoms with van der Waals surface area (Å²) in [6.07, 6.45) is 1.82. The molecule has 0 spiro atoms. The molecule has 0 aliphatic rings. The normalized spacial score (nSPS) is 10.0. The number of rotatable bonds is 3. The molecule has 0 bridgehead atoms. The van der Waals surface area contributed by atoms with Crippen LogP contribution >= 0.6 is 11.6 Å². The lowest BCUT2D eigenvalue weighted by atomic mass is 10.1. The highest BCUT2D eigenvalue weighted by Gasteiger charge is 2.01. The predicted molar refractivity (Wildman–Crippen MR) is 72.8 cm³/mol. The van der Waals surface area contributed by atoms with Gasteiger partial charge in [-0.3, -0.25) is 4.98 Å². The quantitative estimate of drug-likeness (QED) is 0.893. The average Bonchev–Trinajstić information content (AvgIpc) is 2.38. The zero-order valence-electron chi connectivity index (χ0n) is 9.57. The van der Waals surface area contributed by atoms with Crippen LogP contribution in [0.3, 0.4) is 0 Å². The Kier molecular flexibility index (Phi) is 3.45. The fourth-order valence-corrected chi connectivity index (χ4v) is 1.73. The van der Waals surface area contributed by atoms with Gasteiger partial charge in [-0.1, -0.05) is 36.4 Å². The maximum absolute atomic E-state index is 5.95. The Balaban J connectivity index is 2.32. The molecule has 2 aromatic rings. The molecule has 1 aromatic heterocycles. The van der Waals surface area contributed by atoms with E-state index >= 15 is 0 Å². The molecular formula is C14H13ClN2. The Morgan fingerprint density at radius 2 is 2.06 bits per heavy atom. The van der Waals surface area contributed by atoms with Crippen LogP contribution in [-0.2, 0) is 0 Å². The fourth-order valence-electron chi connectivity index (χ4n) is 1.54. The van der Waals surface area contributed by atoms with Crippen LogP contribution in [0.4, 0.5) is 0 Å². The molecular weight excluding hydrogens is 232 g/mol. The number of halogens is 1. The molecule has 0 saturated carbocycles. The highest BCUT2D eigenvalue weighted by Crippen LogP contribution is 2.22. The molecule has 0 amide bonds. The van der Waals surface area contributed by atoms with Crippen LogP contribution in [0, 0.1) is 0 Å². The molecule has 0 unspecified atom stereocenters. The Morgan fingerprint density at radius 3 is 2.65 bits per heavy atom. The van der Waals surface area contributed by atoms with Crippen LogP contribution in [0.25, 0.3) is 16.8 Å². The third kappa shape index (κ3) is 2.66. The summed E-state index contributed by atoms with van der Waals surface area (Å²) in [4.78, 5) is 4.35. The number of hydrogen-bond acceptors (Lipinski definition) is 2. The van der Waals surface area contributed by atoms with Crippen molar-refractivity contribution in [1.29, 1.82) is 0 Å². The monoisotopic (exact) mass is 244 g/mol. The van der Waals surface area contributed by atoms with Gasteiger partial charge in [0.1, 0.15) is 0 Å². The molecule has 0 saturated heterocycles. The van der Waals surface area contributed by atoms with Gasteiger partial charge in [0.2, 0.25) is 0 Å². The molecule has 86 valence electrons. The molecule has 2 nitrogen and oxygen atoms in total. The van der Waals surface area contributed by atoms with Crippen molar-refractivity contribution in [3.05, 3.63) is 59.9 Å². The largest absolute Gasteiger partial charge is 0.387 e. The SMILES string of the molecule is C=C(NC)c1ccc(-c2cccc(Cl)c2)cn1. The van der Waals surface area contributed by atoms with E-state index in [4.69, 9.17) is 11.6 Å². The van der Waals surface area contributed by atoms with E-state index in [-0.39, 0.29) is 0 Å². The summed E-state index contributed by atoms with van der Waals surface area (Å²) in [5, 5.41) is 3.70. The maximum Gasteiger partial charge on any atom is 0.0855 e. The van der Waals surface area contributed by atoms with E-state index in [2.05, 4.69) is 16.9 Å². The number of aromatic nitrogens is 1. The molecule has 1 heterocycles. The van der Waals surface area contributed by atoms with Crippen molar-refractivity contribution in [3.8, 4) is 11.1 Å². The van der Waals surface area contributed by atoms with Crippen molar-refractivity contribution >= 4 is 17.3 Å². The van der Waals surface area contributed by atoms with Crippen LogP contribution in [0.5, 0.6) is 0 Å². The van der Waals surface area contributed by atoms with Crippen LogP contribution in [0.2, 0.25) is 5.02 Å². The van der Waals surface area contributed by atoms with Crippen molar-refractivity contribution in [1.82, 2.24) is 10.3 Å². The van der Waals surface area contributed by atoms with Gasteiger partial charge in [0.25, 0.3) is 0 Å². The van der Waals surface area contributed by atoms with E-state index in [1.807, 2.05) is 49.6 Å². The lowest BCUT2D eigenvalue weighted by Gasteiger charge is -2.06. The summed E-state index contributed by atoms with van der Waals surface area (Å²) in [7, 11) is 1.83. The first-order chi connectivity index (χ1) is 8.20. The minimum absolute atomic E-state index is 0.728. The zero-order chi connectivity index (χ0) is 12.3. The minimum atomic E-state index is 0.728. The van der Waals surface area contributed by atoms with Crippen molar-refractivity contribution in [3.63, 3.8) is 0 Å². The van der Waals surface area contributed by atoms with Gasteiger partial charge in [0.15, 0.2) is 0 Å². The molecule has 3 heteroatoms. The third-order valence-electron chi connectivity index (χ3n) is 2.53. The van der Waals surface area contributed by atoms with Gasteiger partial charge in [0.05, 0.1) is 11.4 Å². The Hall–Kier alpha value is -1.80. The second kappa shape index (κ2) is 5.02. The lowest BCUT2D eigenvalue weighted by Crippen LogP contribution is -2.04. The molecule has 0 fully saturated rings. The average molecular weight is 245 g/mol. The second-order valence-electron chi connectivity index (χ2n) is 3.67. The van der Waals surface area contributed by atoms with E-state index in [1.54, 1.807) is 0 Å². The lowest BCUT2D eigenvalue weighted by molar-refractivity contribution is 1.10. The highest BCUT2D eigenvalue weighted by molar-refractivity contribution is 6.30. The smallest absolute Gasteiger partial charge is 0.0855 e. The van der Waals surface area contributed by atoms with E-state index in [0.29, 0.717) is 0 Å². The zero-order valence-corrected chi connectivity index (χ0v) is 10.3. The summed E-state index contributed by atoms with van der Waals surface area (Å²) >= 11 is 5.95. The number of hydrogen-bond donors (Lipinski definition) is 1. The van der Waals surface area contributed by atoms with Crippen molar-refractivity contribution in [2.75, 3.05) is 7.05 Å². The number of benzene rings is 1.